The van der Waals surface area contributed by atoms with Gasteiger partial charge in [-0.05, 0) is 24.6 Å². The molecule has 0 unspecified atom stereocenters. The van der Waals surface area contributed by atoms with Crippen LogP contribution < -0.4 is 20.7 Å². The topological polar surface area (TPSA) is 82.7 Å². The lowest BCUT2D eigenvalue weighted by Gasteiger charge is -2.29. The molecule has 0 aliphatic carbocycles. The lowest BCUT2D eigenvalue weighted by Crippen LogP contribution is -2.46. The van der Waals surface area contributed by atoms with E-state index < -0.39 is 11.7 Å². The van der Waals surface area contributed by atoms with Gasteiger partial charge in [0.05, 0.1) is 18.1 Å². The Balaban J connectivity index is 1.43. The molecular weight excluding hydrogens is 389 g/mol. The smallest absolute Gasteiger partial charge is 0.416 e. The van der Waals surface area contributed by atoms with E-state index in [1.165, 1.54) is 12.1 Å². The molecule has 2 aliphatic heterocycles. The number of amides is 3. The Hall–Kier alpha value is -2.49. The highest BCUT2D eigenvalue weighted by atomic mass is 19.4. The molecule has 2 fully saturated rings. The maximum absolute atomic E-state index is 12.8. The number of hydrogen-bond donors (Lipinski definition) is 3. The van der Waals surface area contributed by atoms with Gasteiger partial charge in [0, 0.05) is 45.2 Å². The summed E-state index contributed by atoms with van der Waals surface area (Å²) < 4.78 is 43.9. The summed E-state index contributed by atoms with van der Waals surface area (Å²) in [5.74, 6) is -0.166. The largest absolute Gasteiger partial charge is 0.493 e. The Morgan fingerprint density at radius 1 is 1.31 bits per heavy atom. The SMILES string of the molecule is O=C(NCCN1CCNC1=O)[C@H]1CNC[C@@H](COc2cccc(C(F)(F)F)c2)C1. The molecule has 3 amide bonds. The van der Waals surface area contributed by atoms with Crippen molar-refractivity contribution in [2.45, 2.75) is 12.6 Å². The molecule has 2 atom stereocenters. The van der Waals surface area contributed by atoms with Gasteiger partial charge in [-0.1, -0.05) is 6.07 Å². The van der Waals surface area contributed by atoms with Gasteiger partial charge in [0.25, 0.3) is 0 Å². The van der Waals surface area contributed by atoms with E-state index in [-0.39, 0.29) is 36.1 Å². The lowest BCUT2D eigenvalue weighted by atomic mass is 9.90. The Kier molecular flexibility index (Phi) is 6.83. The zero-order chi connectivity index (χ0) is 20.9. The first-order chi connectivity index (χ1) is 13.8. The quantitative estimate of drug-likeness (QED) is 0.631. The summed E-state index contributed by atoms with van der Waals surface area (Å²) in [7, 11) is 0. The van der Waals surface area contributed by atoms with Crippen LogP contribution in [0.4, 0.5) is 18.0 Å². The van der Waals surface area contributed by atoms with Gasteiger partial charge in [-0.15, -0.1) is 0 Å². The van der Waals surface area contributed by atoms with Crippen LogP contribution in [0.2, 0.25) is 0 Å². The van der Waals surface area contributed by atoms with Crippen LogP contribution >= 0.6 is 0 Å². The molecule has 2 saturated heterocycles. The fraction of sp³-hybridized carbons (Fsp3) is 0.579. The van der Waals surface area contributed by atoms with Gasteiger partial charge >= 0.3 is 12.2 Å². The molecule has 0 saturated carbocycles. The minimum atomic E-state index is -4.41. The molecule has 29 heavy (non-hydrogen) atoms. The monoisotopic (exact) mass is 414 g/mol. The lowest BCUT2D eigenvalue weighted by molar-refractivity contribution is -0.137. The summed E-state index contributed by atoms with van der Waals surface area (Å²) in [6.45, 7) is 3.49. The molecule has 2 aliphatic rings. The molecule has 0 aromatic heterocycles. The number of carbonyl (C=O) groups excluding carboxylic acids is 2. The van der Waals surface area contributed by atoms with Crippen molar-refractivity contribution in [3.8, 4) is 5.75 Å². The van der Waals surface area contributed by atoms with Crippen LogP contribution in [0.15, 0.2) is 24.3 Å². The van der Waals surface area contributed by atoms with E-state index in [0.717, 1.165) is 12.1 Å². The van der Waals surface area contributed by atoms with Crippen molar-refractivity contribution in [3.05, 3.63) is 29.8 Å². The third-order valence-electron chi connectivity index (χ3n) is 5.09. The summed E-state index contributed by atoms with van der Waals surface area (Å²) in [6, 6.07) is 4.67. The Morgan fingerprint density at radius 2 is 2.14 bits per heavy atom. The first kappa shape index (κ1) is 21.2. The molecule has 160 valence electrons. The third kappa shape index (κ3) is 5.99. The van der Waals surface area contributed by atoms with E-state index in [4.69, 9.17) is 4.74 Å². The van der Waals surface area contributed by atoms with Crippen molar-refractivity contribution in [1.29, 1.82) is 0 Å². The van der Waals surface area contributed by atoms with Gasteiger partial charge in [0.1, 0.15) is 5.75 Å². The minimum Gasteiger partial charge on any atom is -0.493 e. The van der Waals surface area contributed by atoms with Gasteiger partial charge in [-0.3, -0.25) is 4.79 Å². The van der Waals surface area contributed by atoms with Gasteiger partial charge in [0.2, 0.25) is 5.91 Å². The number of rotatable bonds is 7. The molecule has 0 bridgehead atoms. The van der Waals surface area contributed by atoms with E-state index in [1.807, 2.05) is 0 Å². The molecule has 2 heterocycles. The van der Waals surface area contributed by atoms with E-state index in [9.17, 15) is 22.8 Å². The van der Waals surface area contributed by atoms with Crippen molar-refractivity contribution < 1.29 is 27.5 Å². The van der Waals surface area contributed by atoms with Crippen LogP contribution in [0, 0.1) is 11.8 Å². The predicted octanol–water partition coefficient (Wildman–Crippen LogP) is 1.45. The number of hydrogen-bond acceptors (Lipinski definition) is 4. The number of alkyl halides is 3. The van der Waals surface area contributed by atoms with Gasteiger partial charge in [-0.25, -0.2) is 4.79 Å². The summed E-state index contributed by atoms with van der Waals surface area (Å²) in [5, 5.41) is 8.74. The number of urea groups is 1. The predicted molar refractivity (Wildman–Crippen MR) is 99.4 cm³/mol. The molecule has 7 nitrogen and oxygen atoms in total. The maximum atomic E-state index is 12.8. The Morgan fingerprint density at radius 3 is 2.86 bits per heavy atom. The molecule has 3 rings (SSSR count). The Bertz CT molecular complexity index is 729. The number of nitrogens with one attached hydrogen (secondary N) is 3. The molecular formula is C19H25F3N4O3. The highest BCUT2D eigenvalue weighted by Crippen LogP contribution is 2.31. The minimum absolute atomic E-state index is 0.0124. The highest BCUT2D eigenvalue weighted by molar-refractivity contribution is 5.79. The van der Waals surface area contributed by atoms with E-state index in [0.29, 0.717) is 45.7 Å². The zero-order valence-corrected chi connectivity index (χ0v) is 15.9. The maximum Gasteiger partial charge on any atom is 0.416 e. The molecule has 10 heteroatoms. The van der Waals surface area contributed by atoms with Crippen LogP contribution in [0.3, 0.4) is 0 Å². The van der Waals surface area contributed by atoms with E-state index >= 15 is 0 Å². The second-order valence-electron chi connectivity index (χ2n) is 7.30. The van der Waals surface area contributed by atoms with Crippen LogP contribution in [-0.2, 0) is 11.0 Å². The van der Waals surface area contributed by atoms with Crippen molar-refractivity contribution in [2.75, 3.05) is 45.9 Å². The first-order valence-electron chi connectivity index (χ1n) is 9.64. The normalized spacial score (nSPS) is 22.3. The van der Waals surface area contributed by atoms with Gasteiger partial charge in [-0.2, -0.15) is 13.2 Å². The van der Waals surface area contributed by atoms with E-state index in [1.54, 1.807) is 4.90 Å². The second-order valence-corrected chi connectivity index (χ2v) is 7.30. The molecule has 0 radical (unpaired) electrons. The average Bonchev–Trinajstić information content (AvgIpc) is 3.11. The van der Waals surface area contributed by atoms with Gasteiger partial charge < -0.3 is 25.6 Å². The van der Waals surface area contributed by atoms with Crippen LogP contribution in [0.1, 0.15) is 12.0 Å². The number of halogens is 3. The first-order valence-corrected chi connectivity index (χ1v) is 9.64. The Labute approximate surface area is 167 Å². The number of carbonyl (C=O) groups is 2. The fourth-order valence-corrected chi connectivity index (χ4v) is 3.52. The van der Waals surface area contributed by atoms with Crippen molar-refractivity contribution in [3.63, 3.8) is 0 Å². The summed E-state index contributed by atoms with van der Waals surface area (Å²) in [5.41, 5.74) is -0.749. The standard InChI is InChI=1S/C19H25F3N4O3/c20-19(21,22)15-2-1-3-16(9-15)29-12-13-8-14(11-23-10-13)17(27)24-4-6-26-7-5-25-18(26)28/h1-3,9,13-14,23H,4-8,10-12H2,(H,24,27)(H,25,28)/t13-,14+/m0/s1. The zero-order valence-electron chi connectivity index (χ0n) is 15.9. The number of ether oxygens (including phenoxy) is 1. The van der Waals surface area contributed by atoms with Crippen LogP contribution in [-0.4, -0.2) is 62.7 Å². The number of benzene rings is 1. The van der Waals surface area contributed by atoms with Gasteiger partial charge in [0.15, 0.2) is 0 Å². The summed E-state index contributed by atoms with van der Waals surface area (Å²) in [6.07, 6.45) is -3.83. The molecule has 1 aromatic rings. The number of piperidine rings is 1. The van der Waals surface area contributed by atoms with Crippen molar-refractivity contribution in [2.24, 2.45) is 11.8 Å². The van der Waals surface area contributed by atoms with Crippen LogP contribution in [0.5, 0.6) is 5.75 Å². The fourth-order valence-electron chi connectivity index (χ4n) is 3.52. The average molecular weight is 414 g/mol. The van der Waals surface area contributed by atoms with E-state index in [2.05, 4.69) is 16.0 Å². The third-order valence-corrected chi connectivity index (χ3v) is 5.09. The second kappa shape index (κ2) is 9.34. The van der Waals surface area contributed by atoms with Crippen molar-refractivity contribution >= 4 is 11.9 Å². The van der Waals surface area contributed by atoms with Crippen LogP contribution in [0.25, 0.3) is 0 Å². The summed E-state index contributed by atoms with van der Waals surface area (Å²) >= 11 is 0. The molecule has 3 N–H and O–H groups in total. The highest BCUT2D eigenvalue weighted by Gasteiger charge is 2.31. The molecule has 0 spiro atoms. The molecule has 1 aromatic carbocycles. The van der Waals surface area contributed by atoms with Crippen molar-refractivity contribution in [1.82, 2.24) is 20.9 Å². The number of nitrogens with zero attached hydrogens (tertiary/aromatic N) is 1. The summed E-state index contributed by atoms with van der Waals surface area (Å²) in [4.78, 5) is 25.5.